The molecule has 3 aromatic heterocycles. The van der Waals surface area contributed by atoms with Crippen LogP contribution < -0.4 is 15.8 Å². The number of pyridine rings is 1. The van der Waals surface area contributed by atoms with Gasteiger partial charge in [-0.25, -0.2) is 15.0 Å². The molecule has 4 heterocycles. The van der Waals surface area contributed by atoms with Gasteiger partial charge in [0.1, 0.15) is 54.3 Å². The van der Waals surface area contributed by atoms with Crippen LogP contribution in [0, 0.1) is 0 Å². The Bertz CT molecular complexity index is 1250. The highest BCUT2D eigenvalue weighted by molar-refractivity contribution is 5.86. The van der Waals surface area contributed by atoms with Gasteiger partial charge in [-0.15, -0.1) is 0 Å². The molecule has 0 bridgehead atoms. The normalized spacial score (nSPS) is 23.5. The highest BCUT2D eigenvalue weighted by atomic mass is 16.6. The smallest absolute Gasteiger partial charge is 0.164 e. The number of nitrogens with zero attached hydrogens (tertiary/aromatic N) is 4. The van der Waals surface area contributed by atoms with Crippen molar-refractivity contribution in [1.82, 2.24) is 19.5 Å². The molecular weight excluding hydrogens is 400 g/mol. The molecule has 160 valence electrons. The molecule has 1 saturated heterocycles. The van der Waals surface area contributed by atoms with E-state index in [9.17, 15) is 10.2 Å². The van der Waals surface area contributed by atoms with Gasteiger partial charge in [-0.2, -0.15) is 0 Å². The maximum Gasteiger partial charge on any atom is 0.164 e. The molecule has 1 fully saturated rings. The molecule has 0 spiro atoms. The molecule has 0 amide bonds. The largest absolute Gasteiger partial charge is 0.491 e. The lowest BCUT2D eigenvalue weighted by molar-refractivity contribution is -0.0471. The van der Waals surface area contributed by atoms with Crippen molar-refractivity contribution in [2.45, 2.75) is 24.5 Å². The number of benzene rings is 1. The average Bonchev–Trinajstić information content (AvgIpc) is 3.34. The number of aromatic nitrogens is 4. The van der Waals surface area contributed by atoms with E-state index in [1.165, 1.54) is 6.33 Å². The van der Waals surface area contributed by atoms with E-state index in [4.69, 9.17) is 15.2 Å². The number of aliphatic hydroxyl groups excluding tert-OH is 2. The van der Waals surface area contributed by atoms with Crippen LogP contribution in [-0.4, -0.2) is 61.7 Å². The number of nitrogens with two attached hydrogens (primary N) is 1. The van der Waals surface area contributed by atoms with Gasteiger partial charge in [-0.05, 0) is 30.3 Å². The number of fused-ring (bicyclic) bond motifs is 2. The fraction of sp³-hybridized carbons (Fsp3) is 0.286. The maximum atomic E-state index is 10.6. The molecule has 0 unspecified atom stereocenters. The topological polar surface area (TPSA) is 141 Å². The first-order valence-electron chi connectivity index (χ1n) is 9.85. The summed E-state index contributed by atoms with van der Waals surface area (Å²) in [5.74, 6) is 1.69. The van der Waals surface area contributed by atoms with Crippen LogP contribution >= 0.6 is 0 Å². The van der Waals surface area contributed by atoms with Crippen molar-refractivity contribution >= 4 is 33.6 Å². The molecule has 5 N–H and O–H groups in total. The lowest BCUT2D eigenvalue weighted by Gasteiger charge is -2.17. The van der Waals surface area contributed by atoms with Crippen LogP contribution in [0.4, 0.5) is 11.6 Å². The second-order valence-electron chi connectivity index (χ2n) is 7.38. The van der Waals surface area contributed by atoms with Crippen molar-refractivity contribution in [3.05, 3.63) is 48.9 Å². The second-order valence-corrected chi connectivity index (χ2v) is 7.38. The molecule has 1 aliphatic rings. The summed E-state index contributed by atoms with van der Waals surface area (Å²) in [5, 5.41) is 25.8. The van der Waals surface area contributed by atoms with Gasteiger partial charge >= 0.3 is 0 Å². The Morgan fingerprint density at radius 3 is 2.84 bits per heavy atom. The molecule has 1 aliphatic heterocycles. The van der Waals surface area contributed by atoms with Gasteiger partial charge < -0.3 is 35.3 Å². The van der Waals surface area contributed by atoms with Gasteiger partial charge in [0.15, 0.2) is 6.23 Å². The molecule has 4 aromatic rings. The Morgan fingerprint density at radius 1 is 1.16 bits per heavy atom. The first-order chi connectivity index (χ1) is 15.0. The Balaban J connectivity index is 1.33. The third kappa shape index (κ3) is 3.40. The Kier molecular flexibility index (Phi) is 4.81. The highest BCUT2D eigenvalue weighted by Crippen LogP contribution is 2.33. The van der Waals surface area contributed by atoms with Crippen LogP contribution in [0.3, 0.4) is 0 Å². The molecule has 10 heteroatoms. The minimum Gasteiger partial charge on any atom is -0.491 e. The predicted molar refractivity (Wildman–Crippen MR) is 115 cm³/mol. The molecule has 0 radical (unpaired) electrons. The minimum atomic E-state index is -1.16. The third-order valence-corrected chi connectivity index (χ3v) is 5.49. The number of hydrogen-bond acceptors (Lipinski definition) is 9. The second kappa shape index (κ2) is 7.65. The fourth-order valence-electron chi connectivity index (χ4n) is 3.80. The van der Waals surface area contributed by atoms with Crippen LogP contribution in [-0.2, 0) is 4.74 Å². The van der Waals surface area contributed by atoms with Gasteiger partial charge in [-0.1, -0.05) is 0 Å². The van der Waals surface area contributed by atoms with E-state index in [2.05, 4.69) is 20.3 Å². The number of hydrogen-bond donors (Lipinski definition) is 4. The predicted octanol–water partition coefficient (Wildman–Crippen LogP) is 1.30. The molecule has 0 saturated carbocycles. The van der Waals surface area contributed by atoms with E-state index in [-0.39, 0.29) is 6.61 Å². The summed E-state index contributed by atoms with van der Waals surface area (Å²) in [6.45, 7) is 0.0578. The Labute approximate surface area is 177 Å². The quantitative estimate of drug-likeness (QED) is 0.374. The van der Waals surface area contributed by atoms with Crippen LogP contribution in [0.25, 0.3) is 21.9 Å². The molecule has 31 heavy (non-hydrogen) atoms. The van der Waals surface area contributed by atoms with Crippen molar-refractivity contribution in [3.8, 4) is 5.75 Å². The van der Waals surface area contributed by atoms with Crippen LogP contribution in [0.2, 0.25) is 0 Å². The number of anilines is 2. The zero-order chi connectivity index (χ0) is 21.5. The SMILES string of the molecule is CNc1ccc2ccc(OC[C@H]3O[C@@H](n4ccc5c(N)ncnc54)[C@H](O)[C@@H]3O)cc2n1. The number of nitrogen functional groups attached to an aromatic ring is 1. The molecule has 10 nitrogen and oxygen atoms in total. The molecule has 5 rings (SSSR count). The van der Waals surface area contributed by atoms with Gasteiger partial charge in [0.25, 0.3) is 0 Å². The summed E-state index contributed by atoms with van der Waals surface area (Å²) in [6, 6.07) is 11.2. The van der Waals surface area contributed by atoms with E-state index < -0.39 is 24.5 Å². The number of nitrogens with one attached hydrogen (secondary N) is 1. The lowest BCUT2D eigenvalue weighted by Crippen LogP contribution is -2.34. The lowest BCUT2D eigenvalue weighted by atomic mass is 10.1. The molecule has 0 aliphatic carbocycles. The van der Waals surface area contributed by atoms with Crippen LogP contribution in [0.5, 0.6) is 5.75 Å². The monoisotopic (exact) mass is 422 g/mol. The van der Waals surface area contributed by atoms with Gasteiger partial charge in [-0.3, -0.25) is 0 Å². The van der Waals surface area contributed by atoms with Crippen LogP contribution in [0.1, 0.15) is 6.23 Å². The average molecular weight is 422 g/mol. The summed E-state index contributed by atoms with van der Waals surface area (Å²) in [4.78, 5) is 12.7. The summed E-state index contributed by atoms with van der Waals surface area (Å²) in [5.41, 5.74) is 7.18. The molecular formula is C21H22N6O4. The van der Waals surface area contributed by atoms with Crippen molar-refractivity contribution < 1.29 is 19.7 Å². The van der Waals surface area contributed by atoms with Crippen LogP contribution in [0.15, 0.2) is 48.9 Å². The molecule has 1 aromatic carbocycles. The Hall–Kier alpha value is -3.47. The van der Waals surface area contributed by atoms with Crippen molar-refractivity contribution in [2.75, 3.05) is 24.7 Å². The van der Waals surface area contributed by atoms with Gasteiger partial charge in [0.2, 0.25) is 0 Å². The van der Waals surface area contributed by atoms with Crippen molar-refractivity contribution in [2.24, 2.45) is 0 Å². The summed E-state index contributed by atoms with van der Waals surface area (Å²) in [6.07, 6.45) is -0.794. The Morgan fingerprint density at radius 2 is 2.00 bits per heavy atom. The first kappa shape index (κ1) is 19.5. The number of aliphatic hydroxyl groups is 2. The maximum absolute atomic E-state index is 10.6. The first-order valence-corrected chi connectivity index (χ1v) is 9.85. The summed E-state index contributed by atoms with van der Waals surface area (Å²) in [7, 11) is 1.81. The van der Waals surface area contributed by atoms with E-state index in [0.29, 0.717) is 22.6 Å². The van der Waals surface area contributed by atoms with E-state index in [0.717, 1.165) is 16.7 Å². The fourth-order valence-corrected chi connectivity index (χ4v) is 3.80. The van der Waals surface area contributed by atoms with E-state index >= 15 is 0 Å². The van der Waals surface area contributed by atoms with Crippen molar-refractivity contribution in [3.63, 3.8) is 0 Å². The third-order valence-electron chi connectivity index (χ3n) is 5.49. The number of ether oxygens (including phenoxy) is 2. The van der Waals surface area contributed by atoms with Gasteiger partial charge in [0, 0.05) is 24.7 Å². The zero-order valence-electron chi connectivity index (χ0n) is 16.7. The van der Waals surface area contributed by atoms with E-state index in [1.807, 2.05) is 37.4 Å². The molecule has 4 atom stereocenters. The number of rotatable bonds is 5. The summed E-state index contributed by atoms with van der Waals surface area (Å²) < 4.78 is 13.4. The van der Waals surface area contributed by atoms with E-state index in [1.54, 1.807) is 16.8 Å². The summed E-state index contributed by atoms with van der Waals surface area (Å²) >= 11 is 0. The van der Waals surface area contributed by atoms with Crippen molar-refractivity contribution in [1.29, 1.82) is 0 Å². The highest BCUT2D eigenvalue weighted by Gasteiger charge is 2.44. The zero-order valence-corrected chi connectivity index (χ0v) is 16.7. The minimum absolute atomic E-state index is 0.0578. The van der Waals surface area contributed by atoms with Gasteiger partial charge in [0.05, 0.1) is 10.9 Å². The standard InChI is InChI=1S/C21H22N6O4/c1-23-16-5-3-11-2-4-12(8-14(11)26-16)30-9-15-17(28)18(29)21(31-15)27-7-6-13-19(22)24-10-25-20(13)27/h2-8,10,15,17-18,21,28-29H,9H2,1H3,(H,23,26)(H2,22,24,25)/t15-,17-,18-,21-/m1/s1.